The number of piperidine rings is 3. The number of nitrogen functional groups attached to an aromatic ring is 1. The van der Waals surface area contributed by atoms with E-state index in [9.17, 15) is 24.0 Å². The molecule has 0 atom stereocenters. The summed E-state index contributed by atoms with van der Waals surface area (Å²) in [6, 6.07) is 0.0876. The Morgan fingerprint density at radius 2 is 1.04 bits per heavy atom. The fraction of sp³-hybridized carbons (Fsp3) is 0.806. The summed E-state index contributed by atoms with van der Waals surface area (Å²) >= 11 is 0. The van der Waals surface area contributed by atoms with Crippen LogP contribution in [0.5, 0.6) is 0 Å². The second kappa shape index (κ2) is 20.4. The molecule has 4 heterocycles. The van der Waals surface area contributed by atoms with Gasteiger partial charge in [-0.3, -0.25) is 15.0 Å². The van der Waals surface area contributed by atoms with Gasteiger partial charge in [0.15, 0.2) is 0 Å². The molecule has 3 aliphatic rings. The highest BCUT2D eigenvalue weighted by Crippen LogP contribution is 2.28. The number of hydrogen-bond donors (Lipinski definition) is 3. The van der Waals surface area contributed by atoms with Crippen LogP contribution in [-0.4, -0.2) is 118 Å². The van der Waals surface area contributed by atoms with E-state index in [1.54, 1.807) is 21.6 Å². The predicted molar refractivity (Wildman–Crippen MR) is 199 cm³/mol. The number of hydrogen-bond acceptors (Lipinski definition) is 14. The minimum absolute atomic E-state index is 0.0800. The molecule has 308 valence electrons. The molecule has 3 fully saturated rings. The van der Waals surface area contributed by atoms with Crippen molar-refractivity contribution in [1.29, 1.82) is 0 Å². The molecular formula is C36H64N8O10. The van der Waals surface area contributed by atoms with Crippen LogP contribution in [0.3, 0.4) is 0 Å². The molecule has 1 aromatic heterocycles. The minimum Gasteiger partial charge on any atom is -0.466 e. The molecule has 54 heavy (non-hydrogen) atoms. The number of nitrogens with zero attached hydrogens (tertiary/aromatic N) is 5. The molecule has 0 radical (unpaired) electrons. The van der Waals surface area contributed by atoms with E-state index in [0.717, 1.165) is 12.8 Å². The molecule has 0 bridgehead atoms. The number of rotatable bonds is 4. The monoisotopic (exact) mass is 768 g/mol. The normalized spacial score (nSPS) is 17.6. The summed E-state index contributed by atoms with van der Waals surface area (Å²) in [4.78, 5) is 63.3. The zero-order valence-corrected chi connectivity index (χ0v) is 33.9. The molecule has 0 aliphatic carbocycles. The summed E-state index contributed by atoms with van der Waals surface area (Å²) in [7, 11) is 0. The summed E-state index contributed by atoms with van der Waals surface area (Å²) in [5.74, 6) is 5.31. The lowest BCUT2D eigenvalue weighted by atomic mass is 9.96. The maximum absolute atomic E-state index is 11.9. The molecule has 4 amide bonds. The average molecular weight is 769 g/mol. The second-order valence-electron chi connectivity index (χ2n) is 16.5. The highest BCUT2D eigenvalue weighted by atomic mass is 16.6. The summed E-state index contributed by atoms with van der Waals surface area (Å²) < 4.78 is 26.1. The zero-order chi connectivity index (χ0) is 40.9. The summed E-state index contributed by atoms with van der Waals surface area (Å²) in [6.07, 6.45) is 3.23. The average Bonchev–Trinajstić information content (AvgIpc) is 3.52. The lowest BCUT2D eigenvalue weighted by Gasteiger charge is -2.32. The van der Waals surface area contributed by atoms with E-state index in [-0.39, 0.29) is 53.9 Å². The van der Waals surface area contributed by atoms with Gasteiger partial charge in [-0.05, 0) is 108 Å². The van der Waals surface area contributed by atoms with Crippen LogP contribution in [0, 0.1) is 11.8 Å². The summed E-state index contributed by atoms with van der Waals surface area (Å²) in [5, 5.41) is 7.54. The molecular weight excluding hydrogens is 704 g/mol. The van der Waals surface area contributed by atoms with Crippen LogP contribution in [0.15, 0.2) is 4.42 Å². The zero-order valence-electron chi connectivity index (χ0n) is 33.9. The van der Waals surface area contributed by atoms with Gasteiger partial charge in [-0.1, -0.05) is 5.10 Å². The molecule has 5 N–H and O–H groups in total. The van der Waals surface area contributed by atoms with Crippen LogP contribution in [-0.2, 0) is 28.5 Å². The molecule has 0 saturated carbocycles. The van der Waals surface area contributed by atoms with Crippen molar-refractivity contribution in [2.45, 2.75) is 130 Å². The number of ether oxygens (including phenoxy) is 4. The Bertz CT molecular complexity index is 1360. The standard InChI is InChI=1S/C13H23NO4.C12H20N4O3.C11H21N3O3/c1-5-17-11(15)10-6-8-14(9-7-10)12(16)18-13(2,3)4;1-12(2,3)19-11(17)16-6-4-8(5-7-16)9-14-15-10(13)18-9;1-11(2,3)17-10(16)14-6-4-8(5-7-14)9(15)13-12/h10H,5-9H2,1-4H3;8H,4-7H2,1-3H3,(H2,13,15);8H,4-7,12H2,1-3H3,(H,13,15). The third kappa shape index (κ3) is 16.8. The fourth-order valence-corrected chi connectivity index (χ4v) is 5.70. The number of amides is 4. The molecule has 3 aliphatic heterocycles. The van der Waals surface area contributed by atoms with E-state index in [1.165, 1.54) is 0 Å². The van der Waals surface area contributed by atoms with Gasteiger partial charge in [-0.2, -0.15) is 0 Å². The predicted octanol–water partition coefficient (Wildman–Crippen LogP) is 4.59. The van der Waals surface area contributed by atoms with Gasteiger partial charge in [0.1, 0.15) is 16.8 Å². The number of nitrogens with two attached hydrogens (primary N) is 2. The Hall–Kier alpha value is -4.35. The van der Waals surface area contributed by atoms with Crippen molar-refractivity contribution in [1.82, 2.24) is 30.3 Å². The van der Waals surface area contributed by atoms with Gasteiger partial charge in [0.2, 0.25) is 11.8 Å². The van der Waals surface area contributed by atoms with Crippen LogP contribution >= 0.6 is 0 Å². The molecule has 18 heteroatoms. The number of nitrogens with one attached hydrogen (secondary N) is 1. The Morgan fingerprint density at radius 1 is 0.667 bits per heavy atom. The quantitative estimate of drug-likeness (QED) is 0.125. The minimum atomic E-state index is -0.484. The first kappa shape index (κ1) is 45.8. The van der Waals surface area contributed by atoms with E-state index < -0.39 is 16.8 Å². The van der Waals surface area contributed by atoms with Crippen molar-refractivity contribution >= 4 is 36.2 Å². The van der Waals surface area contributed by atoms with Gasteiger partial charge in [-0.15, -0.1) is 5.10 Å². The largest absolute Gasteiger partial charge is 0.466 e. The number of aromatic nitrogens is 2. The van der Waals surface area contributed by atoms with Crippen molar-refractivity contribution < 1.29 is 47.3 Å². The third-order valence-corrected chi connectivity index (χ3v) is 8.38. The number of hydrazine groups is 1. The van der Waals surface area contributed by atoms with Crippen molar-refractivity contribution in [3.8, 4) is 0 Å². The third-order valence-electron chi connectivity index (χ3n) is 8.38. The number of esters is 1. The van der Waals surface area contributed by atoms with Gasteiger partial charge in [0.05, 0.1) is 12.5 Å². The number of carbonyl (C=O) groups excluding carboxylic acids is 5. The lowest BCUT2D eigenvalue weighted by molar-refractivity contribution is -0.149. The van der Waals surface area contributed by atoms with Gasteiger partial charge in [-0.25, -0.2) is 20.2 Å². The topological polar surface area (TPSA) is 235 Å². The van der Waals surface area contributed by atoms with E-state index in [0.29, 0.717) is 77.4 Å². The second-order valence-corrected chi connectivity index (χ2v) is 16.5. The number of carbonyl (C=O) groups is 5. The first-order valence-electron chi connectivity index (χ1n) is 18.7. The molecule has 1 aromatic rings. The Morgan fingerprint density at radius 3 is 1.35 bits per heavy atom. The van der Waals surface area contributed by atoms with Gasteiger partial charge < -0.3 is 43.8 Å². The van der Waals surface area contributed by atoms with Crippen LogP contribution in [0.1, 0.15) is 120 Å². The Kier molecular flexibility index (Phi) is 17.3. The maximum atomic E-state index is 11.9. The van der Waals surface area contributed by atoms with Crippen molar-refractivity contribution in [2.75, 3.05) is 51.6 Å². The summed E-state index contributed by atoms with van der Waals surface area (Å²) in [6.45, 7) is 22.2. The Labute approximate surface area is 319 Å². The van der Waals surface area contributed by atoms with Crippen LogP contribution in [0.4, 0.5) is 20.4 Å². The van der Waals surface area contributed by atoms with E-state index in [4.69, 9.17) is 34.9 Å². The molecule has 0 aromatic carbocycles. The number of anilines is 1. The van der Waals surface area contributed by atoms with E-state index in [1.807, 2.05) is 62.3 Å². The van der Waals surface area contributed by atoms with Crippen LogP contribution in [0.2, 0.25) is 0 Å². The fourth-order valence-electron chi connectivity index (χ4n) is 5.70. The van der Waals surface area contributed by atoms with Crippen molar-refractivity contribution in [2.24, 2.45) is 17.7 Å². The van der Waals surface area contributed by atoms with Gasteiger partial charge >= 0.3 is 30.3 Å². The van der Waals surface area contributed by atoms with Gasteiger partial charge in [0.25, 0.3) is 0 Å². The lowest BCUT2D eigenvalue weighted by Crippen LogP contribution is -2.45. The first-order valence-corrected chi connectivity index (χ1v) is 18.7. The van der Waals surface area contributed by atoms with Crippen molar-refractivity contribution in [3.05, 3.63) is 5.89 Å². The van der Waals surface area contributed by atoms with Gasteiger partial charge in [0, 0.05) is 51.1 Å². The molecule has 18 nitrogen and oxygen atoms in total. The molecule has 4 rings (SSSR count). The van der Waals surface area contributed by atoms with E-state index in [2.05, 4.69) is 15.6 Å². The highest BCUT2D eigenvalue weighted by molar-refractivity contribution is 5.78. The van der Waals surface area contributed by atoms with Crippen LogP contribution in [0.25, 0.3) is 0 Å². The molecule has 0 spiro atoms. The van der Waals surface area contributed by atoms with Crippen LogP contribution < -0.4 is 17.0 Å². The van der Waals surface area contributed by atoms with Crippen molar-refractivity contribution in [3.63, 3.8) is 0 Å². The molecule has 0 unspecified atom stereocenters. The molecule has 3 saturated heterocycles. The summed E-state index contributed by atoms with van der Waals surface area (Å²) in [5.41, 5.74) is 6.12. The smallest absolute Gasteiger partial charge is 0.410 e. The Balaban J connectivity index is 0.000000281. The van der Waals surface area contributed by atoms with E-state index >= 15 is 0 Å². The highest BCUT2D eigenvalue weighted by Gasteiger charge is 2.32. The first-order chi connectivity index (χ1) is 25.0. The number of likely N-dealkylation sites (tertiary alicyclic amines) is 3. The SMILES string of the molecule is CC(C)(C)OC(=O)N1CCC(C(=O)NN)CC1.CC(C)(C)OC(=O)N1CCC(c2nnc(N)o2)CC1.CCOC(=O)C1CCN(C(=O)OC(C)(C)C)CC1. The maximum Gasteiger partial charge on any atom is 0.410 e.